The highest BCUT2D eigenvalue weighted by atomic mass is 19.4. The summed E-state index contributed by atoms with van der Waals surface area (Å²) in [6.45, 7) is 1.54. The van der Waals surface area contributed by atoms with Gasteiger partial charge in [0.15, 0.2) is 5.75 Å². The van der Waals surface area contributed by atoms with Crippen LogP contribution in [0.1, 0.15) is 84.5 Å². The van der Waals surface area contributed by atoms with Crippen LogP contribution >= 0.6 is 0 Å². The van der Waals surface area contributed by atoms with Crippen molar-refractivity contribution in [3.63, 3.8) is 0 Å². The molecule has 0 radical (unpaired) electrons. The number of hydrogen-bond acceptors (Lipinski definition) is 10. The average Bonchev–Trinajstić information content (AvgIpc) is 3.11. The van der Waals surface area contributed by atoms with Crippen molar-refractivity contribution in [2.75, 3.05) is 24.7 Å². The second kappa shape index (κ2) is 19.1. The molecule has 2 aromatic heterocycles. The van der Waals surface area contributed by atoms with E-state index in [0.29, 0.717) is 23.1 Å². The number of unbranched alkanes of at least 4 members (excludes halogenated alkanes) is 1. The van der Waals surface area contributed by atoms with Gasteiger partial charge in [0.1, 0.15) is 17.2 Å². The van der Waals surface area contributed by atoms with Crippen molar-refractivity contribution in [2.24, 2.45) is 5.73 Å². The van der Waals surface area contributed by atoms with E-state index in [0.717, 1.165) is 12.3 Å². The second-order valence-electron chi connectivity index (χ2n) is 12.5. The number of fused-ring (bicyclic) bond motifs is 1. The first-order valence-electron chi connectivity index (χ1n) is 17.0. The fourth-order valence-electron chi connectivity index (χ4n) is 5.66. The normalized spacial score (nSPS) is 16.7. The van der Waals surface area contributed by atoms with Gasteiger partial charge in [-0.25, -0.2) is 19.7 Å². The number of halogens is 9. The number of carbonyl (C=O) groups is 3. The van der Waals surface area contributed by atoms with Crippen molar-refractivity contribution in [3.05, 3.63) is 76.1 Å². The highest BCUT2D eigenvalue weighted by molar-refractivity contribution is 5.89. The monoisotopic (exact) mass is 838 g/mol. The molecule has 4 rings (SSSR count). The van der Waals surface area contributed by atoms with Gasteiger partial charge in [-0.3, -0.25) is 14.5 Å². The molecule has 1 aliphatic heterocycles. The first-order chi connectivity index (χ1) is 26.9. The number of rotatable bonds is 14. The molecule has 0 aliphatic carbocycles. The molecule has 3 heterocycles. The third-order valence-electron chi connectivity index (χ3n) is 8.45. The highest BCUT2D eigenvalue weighted by Gasteiger charge is 2.50. The van der Waals surface area contributed by atoms with E-state index in [9.17, 15) is 59.0 Å². The molecular weight excluding hydrogens is 803 g/mol. The number of aliphatic carboxylic acids is 2. The fraction of sp³-hybridized carbons (Fsp3) is 0.457. The Morgan fingerprint density at radius 2 is 1.50 bits per heavy atom. The Kier molecular flexibility index (Phi) is 15.4. The zero-order chi connectivity index (χ0) is 43.6. The lowest BCUT2D eigenvalue weighted by Gasteiger charge is -2.47. The molecule has 23 heteroatoms. The molecule has 0 spiro atoms. The lowest BCUT2D eigenvalue weighted by atomic mass is 9.80. The van der Waals surface area contributed by atoms with E-state index in [1.165, 1.54) is 6.92 Å². The Labute approximate surface area is 323 Å². The summed E-state index contributed by atoms with van der Waals surface area (Å²) in [4.78, 5) is 45.0. The Morgan fingerprint density at radius 1 is 0.914 bits per heavy atom. The topological polar surface area (TPSA) is 222 Å². The van der Waals surface area contributed by atoms with Crippen LogP contribution in [0.25, 0.3) is 0 Å². The van der Waals surface area contributed by atoms with Crippen LogP contribution in [0.15, 0.2) is 36.5 Å². The zero-order valence-electron chi connectivity index (χ0n) is 30.2. The van der Waals surface area contributed by atoms with Crippen LogP contribution in [-0.2, 0) is 45.7 Å². The van der Waals surface area contributed by atoms with Crippen LogP contribution < -0.4 is 15.4 Å². The third-order valence-corrected chi connectivity index (χ3v) is 8.45. The van der Waals surface area contributed by atoms with E-state index in [4.69, 9.17) is 30.7 Å². The van der Waals surface area contributed by atoms with Gasteiger partial charge in [0.2, 0.25) is 0 Å². The summed E-state index contributed by atoms with van der Waals surface area (Å²) in [5.74, 6) is -3.61. The van der Waals surface area contributed by atoms with Gasteiger partial charge < -0.3 is 30.5 Å². The Hall–Kier alpha value is -5.76. The van der Waals surface area contributed by atoms with Crippen molar-refractivity contribution in [1.82, 2.24) is 15.0 Å². The number of carboxylic acids is 2. The summed E-state index contributed by atoms with van der Waals surface area (Å²) in [7, 11) is 0. The summed E-state index contributed by atoms with van der Waals surface area (Å²) in [6.07, 6.45) is -16.8. The first-order valence-corrected chi connectivity index (χ1v) is 17.0. The van der Waals surface area contributed by atoms with Crippen LogP contribution in [0.5, 0.6) is 5.75 Å². The molecular formula is C35H35F9N6O8. The molecule has 316 valence electrons. The second-order valence-corrected chi connectivity index (χ2v) is 12.5. The number of aromatic nitrogens is 3. The lowest BCUT2D eigenvalue weighted by Crippen LogP contribution is -2.64. The lowest BCUT2D eigenvalue weighted by molar-refractivity contribution is -0.144. The number of nitrogens with zero attached hydrogens (tertiary/aromatic N) is 5. The number of anilines is 1. The molecule has 0 bridgehead atoms. The van der Waals surface area contributed by atoms with E-state index in [2.05, 4.69) is 15.0 Å². The molecule has 3 aromatic rings. The molecule has 2 atom stereocenters. The molecule has 58 heavy (non-hydrogen) atoms. The number of nitrogens with two attached hydrogens (primary N) is 1. The minimum atomic E-state index is -5.14. The molecule has 1 amide bonds. The summed E-state index contributed by atoms with van der Waals surface area (Å²) in [5, 5.41) is 35.1. The predicted octanol–water partition coefficient (Wildman–Crippen LogP) is 7.04. The third kappa shape index (κ3) is 12.4. The highest BCUT2D eigenvalue weighted by Crippen LogP contribution is 2.45. The van der Waals surface area contributed by atoms with E-state index in [1.54, 1.807) is 0 Å². The van der Waals surface area contributed by atoms with Gasteiger partial charge in [0.05, 0.1) is 79.0 Å². The maximum atomic E-state index is 13.6. The molecule has 2 unspecified atom stereocenters. The van der Waals surface area contributed by atoms with Crippen molar-refractivity contribution in [3.8, 4) is 11.8 Å². The molecule has 0 saturated carbocycles. The molecule has 0 fully saturated rings. The van der Waals surface area contributed by atoms with Gasteiger partial charge in [-0.2, -0.15) is 44.8 Å². The van der Waals surface area contributed by atoms with Crippen molar-refractivity contribution in [1.29, 1.82) is 5.26 Å². The predicted molar refractivity (Wildman–Crippen MR) is 180 cm³/mol. The average molecular weight is 839 g/mol. The summed E-state index contributed by atoms with van der Waals surface area (Å²) >= 11 is 0. The number of nitriles is 1. The molecule has 1 aliphatic rings. The van der Waals surface area contributed by atoms with Crippen molar-refractivity contribution in [2.45, 2.75) is 82.0 Å². The van der Waals surface area contributed by atoms with Crippen LogP contribution in [0.2, 0.25) is 0 Å². The summed E-state index contributed by atoms with van der Waals surface area (Å²) in [6, 6.07) is 4.36. The van der Waals surface area contributed by atoms with Gasteiger partial charge in [-0.15, -0.1) is 0 Å². The van der Waals surface area contributed by atoms with E-state index < -0.39 is 83.4 Å². The fourth-order valence-corrected chi connectivity index (χ4v) is 5.66. The van der Waals surface area contributed by atoms with Crippen LogP contribution in [0.3, 0.4) is 0 Å². The number of alkyl halides is 9. The van der Waals surface area contributed by atoms with Gasteiger partial charge in [-0.05, 0) is 48.7 Å². The van der Waals surface area contributed by atoms with E-state index in [1.807, 2.05) is 6.07 Å². The molecule has 5 N–H and O–H groups in total. The quantitative estimate of drug-likeness (QED) is 0.0946. The standard InChI is InChI=1S/C29H25F9N6O3.C6H10O5/c1-2-26(40)18(13-19-21(44(26)25(45)46)5-6-23(42-19)29(36,37)38)24-41-14-22(47-8-4-3-7-39)20(43-24)11-15-9-16(27(30,31)32)12-17(10-15)28(33,34)35;7-5(8)1-3-11-4-2-6(9)10/h5-6,9-10,12,14,18H,2-4,8,11,13,40H2,1H3,(H,45,46);1-4H2,(H,7,8)(H,9,10). The van der Waals surface area contributed by atoms with Crippen molar-refractivity contribution < 1.29 is 78.7 Å². The van der Waals surface area contributed by atoms with Gasteiger partial charge in [0.25, 0.3) is 0 Å². The molecule has 14 nitrogen and oxygen atoms in total. The minimum Gasteiger partial charge on any atom is -0.490 e. The van der Waals surface area contributed by atoms with Gasteiger partial charge in [-0.1, -0.05) is 6.92 Å². The first kappa shape index (κ1) is 46.6. The number of amides is 1. The Bertz CT molecular complexity index is 1940. The molecule has 0 saturated heterocycles. The largest absolute Gasteiger partial charge is 0.490 e. The van der Waals surface area contributed by atoms with Crippen LogP contribution in [0, 0.1) is 11.3 Å². The zero-order valence-corrected chi connectivity index (χ0v) is 30.2. The van der Waals surface area contributed by atoms with Gasteiger partial charge >= 0.3 is 36.6 Å². The maximum absolute atomic E-state index is 13.6. The maximum Gasteiger partial charge on any atom is 0.433 e. The smallest absolute Gasteiger partial charge is 0.433 e. The number of hydrogen-bond donors (Lipinski definition) is 4. The number of ether oxygens (including phenoxy) is 2. The number of carboxylic acid groups (broad SMARTS) is 3. The summed E-state index contributed by atoms with van der Waals surface area (Å²) in [5.41, 5.74) is -0.946. The summed E-state index contributed by atoms with van der Waals surface area (Å²) < 4.78 is 132. The SMILES string of the molecule is CCC1(N)C(c2ncc(OCCCC#N)c(Cc3cc(C(F)(F)F)cc(C(F)(F)F)c3)n2)Cc2nc(C(F)(F)F)ccc2N1C(=O)O.O=C(O)CCOCCC(=O)O. The van der Waals surface area contributed by atoms with Crippen LogP contribution in [0.4, 0.5) is 50.0 Å². The number of pyridine rings is 1. The number of benzene rings is 1. The Morgan fingerprint density at radius 3 is 1.98 bits per heavy atom. The minimum absolute atomic E-state index is 0.0413. The van der Waals surface area contributed by atoms with Gasteiger partial charge in [0, 0.05) is 19.3 Å². The van der Waals surface area contributed by atoms with E-state index >= 15 is 0 Å². The Balaban J connectivity index is 0.000000714. The van der Waals surface area contributed by atoms with Crippen molar-refractivity contribution >= 4 is 23.7 Å². The van der Waals surface area contributed by atoms with E-state index in [-0.39, 0.29) is 86.6 Å². The molecule has 1 aromatic carbocycles. The van der Waals surface area contributed by atoms with Crippen LogP contribution in [-0.4, -0.2) is 73.8 Å².